The molecule has 0 saturated carbocycles. The van der Waals surface area contributed by atoms with Crippen LogP contribution in [0.1, 0.15) is 12.6 Å². The molecule has 1 aromatic rings. The van der Waals surface area contributed by atoms with E-state index in [4.69, 9.17) is 22.5 Å². The third-order valence-corrected chi connectivity index (χ3v) is 2.92. The Labute approximate surface area is 101 Å². The minimum absolute atomic E-state index is 0.0323. The highest BCUT2D eigenvalue weighted by Crippen LogP contribution is 2.27. The number of nitrogens with zero attached hydrogens (tertiary/aromatic N) is 1. The van der Waals surface area contributed by atoms with Gasteiger partial charge in [-0.15, -0.1) is 0 Å². The SMILES string of the molecule is O=c1[nH]c(=O)n([C@H]2C[C@H](O)[C@@H](CO)O2)cc1[S]. The van der Waals surface area contributed by atoms with Crippen LogP contribution < -0.4 is 11.2 Å². The number of nitrogens with one attached hydrogen (secondary N) is 1. The lowest BCUT2D eigenvalue weighted by molar-refractivity contribution is -0.0461. The van der Waals surface area contributed by atoms with E-state index >= 15 is 0 Å². The van der Waals surface area contributed by atoms with E-state index in [0.29, 0.717) is 0 Å². The number of aliphatic hydroxyl groups excluding tert-OH is 2. The number of hydrogen-bond acceptors (Lipinski definition) is 5. The van der Waals surface area contributed by atoms with Crippen LogP contribution in [0.4, 0.5) is 0 Å². The standard InChI is InChI=1S/C9H11N2O5S/c12-3-5-4(13)1-7(16-5)11-2-6(17)8(14)10-9(11)15/h2,4-5,7,12-13H,1,3H2,(H,10,14,15)/t4-,5+,7+/m0/s1. The summed E-state index contributed by atoms with van der Waals surface area (Å²) in [4.78, 5) is 24.6. The van der Waals surface area contributed by atoms with E-state index in [0.717, 1.165) is 4.57 Å². The third kappa shape index (κ3) is 2.25. The van der Waals surface area contributed by atoms with E-state index in [9.17, 15) is 14.7 Å². The van der Waals surface area contributed by atoms with Crippen molar-refractivity contribution >= 4 is 12.6 Å². The lowest BCUT2D eigenvalue weighted by Gasteiger charge is -2.14. The molecule has 1 radical (unpaired) electrons. The lowest BCUT2D eigenvalue weighted by atomic mass is 10.2. The Hall–Kier alpha value is -1.22. The number of aliphatic hydroxyl groups is 2. The van der Waals surface area contributed by atoms with Crippen molar-refractivity contribution in [1.29, 1.82) is 0 Å². The molecular weight excluding hydrogens is 248 g/mol. The molecular formula is C9H11N2O5S. The normalized spacial score (nSPS) is 28.5. The number of aromatic amines is 1. The maximum atomic E-state index is 11.5. The van der Waals surface area contributed by atoms with Gasteiger partial charge in [0.15, 0.2) is 0 Å². The van der Waals surface area contributed by atoms with Crippen molar-refractivity contribution in [3.05, 3.63) is 27.0 Å². The fraction of sp³-hybridized carbons (Fsp3) is 0.556. The van der Waals surface area contributed by atoms with Crippen LogP contribution in [-0.4, -0.2) is 38.6 Å². The molecule has 2 rings (SSSR count). The fourth-order valence-electron chi connectivity index (χ4n) is 1.73. The van der Waals surface area contributed by atoms with Crippen LogP contribution in [-0.2, 0) is 4.74 Å². The Kier molecular flexibility index (Phi) is 3.29. The third-order valence-electron chi connectivity index (χ3n) is 2.63. The van der Waals surface area contributed by atoms with Crippen molar-refractivity contribution in [2.45, 2.75) is 29.8 Å². The summed E-state index contributed by atoms with van der Waals surface area (Å²) in [6.45, 7) is -0.337. The number of H-pyrrole nitrogens is 1. The first kappa shape index (κ1) is 12.2. The Morgan fingerprint density at radius 1 is 1.59 bits per heavy atom. The summed E-state index contributed by atoms with van der Waals surface area (Å²) in [6, 6.07) is 0. The van der Waals surface area contributed by atoms with Crippen LogP contribution in [0.5, 0.6) is 0 Å². The first-order chi connectivity index (χ1) is 8.02. The van der Waals surface area contributed by atoms with E-state index in [1.807, 2.05) is 0 Å². The number of aromatic nitrogens is 2. The molecule has 1 saturated heterocycles. The zero-order chi connectivity index (χ0) is 12.6. The predicted octanol–water partition coefficient (Wildman–Crippen LogP) is -1.27. The van der Waals surface area contributed by atoms with E-state index in [1.54, 1.807) is 0 Å². The van der Waals surface area contributed by atoms with E-state index in [-0.39, 0.29) is 17.9 Å². The first-order valence-corrected chi connectivity index (χ1v) is 5.40. The summed E-state index contributed by atoms with van der Waals surface area (Å²) in [5.74, 6) is 0. The zero-order valence-corrected chi connectivity index (χ0v) is 9.51. The van der Waals surface area contributed by atoms with Gasteiger partial charge in [0.2, 0.25) is 0 Å². The molecule has 93 valence electrons. The monoisotopic (exact) mass is 259 g/mol. The highest BCUT2D eigenvalue weighted by molar-refractivity contribution is 7.80. The smallest absolute Gasteiger partial charge is 0.330 e. The van der Waals surface area contributed by atoms with Crippen LogP contribution >= 0.6 is 12.6 Å². The minimum atomic E-state index is -0.850. The van der Waals surface area contributed by atoms with Crippen molar-refractivity contribution in [3.63, 3.8) is 0 Å². The van der Waals surface area contributed by atoms with Gasteiger partial charge in [-0.25, -0.2) is 4.79 Å². The molecule has 1 fully saturated rings. The van der Waals surface area contributed by atoms with Crippen LogP contribution in [0.3, 0.4) is 0 Å². The largest absolute Gasteiger partial charge is 0.394 e. The Balaban J connectivity index is 2.34. The molecule has 8 heteroatoms. The second-order valence-corrected chi connectivity index (χ2v) is 4.21. The second kappa shape index (κ2) is 4.57. The average Bonchev–Trinajstić information content (AvgIpc) is 2.65. The molecule has 0 amide bonds. The Morgan fingerprint density at radius 2 is 2.29 bits per heavy atom. The van der Waals surface area contributed by atoms with Gasteiger partial charge in [-0.3, -0.25) is 14.3 Å². The second-order valence-electron chi connectivity index (χ2n) is 3.77. The topological polar surface area (TPSA) is 105 Å². The average molecular weight is 259 g/mol. The molecule has 0 aromatic carbocycles. The summed E-state index contributed by atoms with van der Waals surface area (Å²) in [5.41, 5.74) is -1.28. The van der Waals surface area contributed by atoms with Gasteiger partial charge in [0, 0.05) is 12.6 Å². The van der Waals surface area contributed by atoms with Crippen LogP contribution in [0.15, 0.2) is 20.7 Å². The first-order valence-electron chi connectivity index (χ1n) is 4.99. The molecule has 3 atom stereocenters. The Morgan fingerprint density at radius 3 is 2.88 bits per heavy atom. The van der Waals surface area contributed by atoms with Gasteiger partial charge in [-0.2, -0.15) is 0 Å². The zero-order valence-electron chi connectivity index (χ0n) is 8.70. The van der Waals surface area contributed by atoms with E-state index < -0.39 is 29.7 Å². The molecule has 0 spiro atoms. The van der Waals surface area contributed by atoms with Gasteiger partial charge in [-0.05, 0) is 0 Å². The number of hydrogen-bond donors (Lipinski definition) is 3. The maximum absolute atomic E-state index is 11.5. The van der Waals surface area contributed by atoms with Gasteiger partial charge in [-0.1, -0.05) is 12.6 Å². The quantitative estimate of drug-likeness (QED) is 0.614. The van der Waals surface area contributed by atoms with Crippen molar-refractivity contribution in [3.8, 4) is 0 Å². The number of ether oxygens (including phenoxy) is 1. The molecule has 3 N–H and O–H groups in total. The van der Waals surface area contributed by atoms with E-state index in [2.05, 4.69) is 4.98 Å². The van der Waals surface area contributed by atoms with Crippen molar-refractivity contribution in [2.24, 2.45) is 0 Å². The molecule has 0 bridgehead atoms. The molecule has 1 aliphatic heterocycles. The highest BCUT2D eigenvalue weighted by atomic mass is 32.1. The maximum Gasteiger partial charge on any atom is 0.330 e. The van der Waals surface area contributed by atoms with E-state index in [1.165, 1.54) is 6.20 Å². The summed E-state index contributed by atoms with van der Waals surface area (Å²) >= 11 is 4.75. The van der Waals surface area contributed by atoms with Gasteiger partial charge in [0.05, 0.1) is 12.7 Å². The minimum Gasteiger partial charge on any atom is -0.394 e. The van der Waals surface area contributed by atoms with Gasteiger partial charge >= 0.3 is 5.69 Å². The van der Waals surface area contributed by atoms with Gasteiger partial charge < -0.3 is 14.9 Å². The summed E-state index contributed by atoms with van der Waals surface area (Å²) < 4.78 is 6.39. The fourth-order valence-corrected chi connectivity index (χ4v) is 1.90. The molecule has 7 nitrogen and oxygen atoms in total. The van der Waals surface area contributed by atoms with Crippen LogP contribution in [0.25, 0.3) is 0 Å². The Bertz CT molecular complexity index is 525. The van der Waals surface area contributed by atoms with Crippen molar-refractivity contribution < 1.29 is 14.9 Å². The lowest BCUT2D eigenvalue weighted by Crippen LogP contribution is -2.32. The van der Waals surface area contributed by atoms with Gasteiger partial charge in [0.25, 0.3) is 5.56 Å². The van der Waals surface area contributed by atoms with Crippen LogP contribution in [0, 0.1) is 0 Å². The van der Waals surface area contributed by atoms with Crippen molar-refractivity contribution in [2.75, 3.05) is 6.61 Å². The molecule has 1 aromatic heterocycles. The molecule has 17 heavy (non-hydrogen) atoms. The van der Waals surface area contributed by atoms with Gasteiger partial charge in [0.1, 0.15) is 17.2 Å². The summed E-state index contributed by atoms with van der Waals surface area (Å²) in [6.07, 6.45) is -0.947. The van der Waals surface area contributed by atoms with Crippen LogP contribution in [0.2, 0.25) is 0 Å². The summed E-state index contributed by atoms with van der Waals surface area (Å²) in [7, 11) is 0. The molecule has 2 heterocycles. The molecule has 0 unspecified atom stereocenters. The predicted molar refractivity (Wildman–Crippen MR) is 58.8 cm³/mol. The molecule has 0 aliphatic carbocycles. The summed E-state index contributed by atoms with van der Waals surface area (Å²) in [5, 5.41) is 18.5. The highest BCUT2D eigenvalue weighted by Gasteiger charge is 2.35. The van der Waals surface area contributed by atoms with Crippen molar-refractivity contribution in [1.82, 2.24) is 9.55 Å². The molecule has 1 aliphatic rings. The number of rotatable bonds is 2.